The predicted molar refractivity (Wildman–Crippen MR) is 102 cm³/mol. The monoisotopic (exact) mass is 384 g/mol. The summed E-state index contributed by atoms with van der Waals surface area (Å²) >= 11 is 1.44. The van der Waals surface area contributed by atoms with E-state index in [1.54, 1.807) is 24.1 Å². The van der Waals surface area contributed by atoms with Crippen molar-refractivity contribution in [3.63, 3.8) is 0 Å². The first-order chi connectivity index (χ1) is 13.2. The Morgan fingerprint density at radius 2 is 2.00 bits per heavy atom. The molecule has 6 nitrogen and oxygen atoms in total. The number of rotatable bonds is 5. The number of nitrogens with zero attached hydrogens (tertiary/aromatic N) is 2. The number of hydrogen-bond acceptors (Lipinski definition) is 6. The van der Waals surface area contributed by atoms with Crippen molar-refractivity contribution >= 4 is 33.2 Å². The maximum absolute atomic E-state index is 12.8. The summed E-state index contributed by atoms with van der Waals surface area (Å²) in [6.07, 6.45) is 1.29. The number of aromatic nitrogens is 1. The number of para-hydroxylation sites is 1. The van der Waals surface area contributed by atoms with Gasteiger partial charge in [0.25, 0.3) is 5.91 Å². The molecule has 0 bridgehead atoms. The van der Waals surface area contributed by atoms with E-state index in [0.717, 1.165) is 10.2 Å². The summed E-state index contributed by atoms with van der Waals surface area (Å²) in [6, 6.07) is 11.2. The van der Waals surface area contributed by atoms with Gasteiger partial charge in [0.2, 0.25) is 0 Å². The predicted octanol–water partition coefficient (Wildman–Crippen LogP) is 3.77. The number of amides is 1. The van der Waals surface area contributed by atoms with Gasteiger partial charge in [-0.25, -0.2) is 4.98 Å². The van der Waals surface area contributed by atoms with Crippen LogP contribution in [-0.2, 0) is 11.3 Å². The number of ketones is 1. The highest BCUT2D eigenvalue weighted by Gasteiger charge is 2.30. The Morgan fingerprint density at radius 3 is 2.74 bits per heavy atom. The van der Waals surface area contributed by atoms with E-state index < -0.39 is 0 Å². The van der Waals surface area contributed by atoms with Gasteiger partial charge in [-0.1, -0.05) is 12.1 Å². The summed E-state index contributed by atoms with van der Waals surface area (Å²) in [5.41, 5.74) is 0.864. The fraction of sp³-hybridized carbons (Fsp3) is 0.350. The molecule has 1 aliphatic rings. The zero-order valence-corrected chi connectivity index (χ0v) is 15.8. The van der Waals surface area contributed by atoms with Crippen molar-refractivity contribution in [3.8, 4) is 0 Å². The highest BCUT2D eigenvalue weighted by Crippen LogP contribution is 2.28. The first-order valence-electron chi connectivity index (χ1n) is 8.92. The molecule has 0 radical (unpaired) electrons. The molecule has 1 aliphatic heterocycles. The topological polar surface area (TPSA) is 72.6 Å². The van der Waals surface area contributed by atoms with Crippen molar-refractivity contribution in [1.29, 1.82) is 0 Å². The van der Waals surface area contributed by atoms with E-state index in [1.165, 1.54) is 11.3 Å². The molecule has 1 fully saturated rings. The molecule has 4 rings (SSSR count). The molecule has 27 heavy (non-hydrogen) atoms. The summed E-state index contributed by atoms with van der Waals surface area (Å²) in [5.74, 6) is 0.807. The van der Waals surface area contributed by atoms with Crippen LogP contribution in [0.1, 0.15) is 39.0 Å². The number of carbonyl (C=O) groups is 2. The SMILES string of the molecule is COCc1ccc(C(=O)N2CCC(C(=O)c3nc4ccccc4s3)CC2)o1. The van der Waals surface area contributed by atoms with Gasteiger partial charge in [0.05, 0.1) is 10.2 Å². The van der Waals surface area contributed by atoms with Gasteiger partial charge in [-0.3, -0.25) is 9.59 Å². The lowest BCUT2D eigenvalue weighted by Crippen LogP contribution is -2.40. The smallest absolute Gasteiger partial charge is 0.289 e. The summed E-state index contributed by atoms with van der Waals surface area (Å²) in [6.45, 7) is 1.42. The minimum Gasteiger partial charge on any atom is -0.453 e. The molecule has 1 aromatic carbocycles. The van der Waals surface area contributed by atoms with Crippen LogP contribution in [0.3, 0.4) is 0 Å². The number of methoxy groups -OCH3 is 1. The van der Waals surface area contributed by atoms with Crippen molar-refractivity contribution < 1.29 is 18.7 Å². The standard InChI is InChI=1S/C20H20N2O4S/c1-25-12-14-6-7-16(26-14)20(24)22-10-8-13(9-11-22)18(23)19-21-15-4-2-3-5-17(15)27-19/h2-7,13H,8-12H2,1H3. The Balaban J connectivity index is 1.39. The number of ether oxygens (including phenoxy) is 1. The average molecular weight is 384 g/mol. The lowest BCUT2D eigenvalue weighted by atomic mass is 9.92. The molecule has 0 aliphatic carbocycles. The van der Waals surface area contributed by atoms with E-state index in [1.807, 2.05) is 24.3 Å². The molecule has 0 atom stereocenters. The molecule has 7 heteroatoms. The van der Waals surface area contributed by atoms with Crippen molar-refractivity contribution in [2.24, 2.45) is 5.92 Å². The third kappa shape index (κ3) is 3.65. The Labute approximate surface area is 160 Å². The maximum Gasteiger partial charge on any atom is 0.289 e. The molecule has 3 heterocycles. The van der Waals surface area contributed by atoms with Gasteiger partial charge in [0.15, 0.2) is 16.6 Å². The van der Waals surface area contributed by atoms with Crippen molar-refractivity contribution in [2.75, 3.05) is 20.2 Å². The molecule has 1 saturated heterocycles. The second-order valence-corrected chi connectivity index (χ2v) is 7.65. The number of likely N-dealkylation sites (tertiary alicyclic amines) is 1. The van der Waals surface area contributed by atoms with Crippen LogP contribution in [-0.4, -0.2) is 41.8 Å². The zero-order valence-electron chi connectivity index (χ0n) is 15.0. The van der Waals surface area contributed by atoms with Gasteiger partial charge < -0.3 is 14.1 Å². The third-order valence-corrected chi connectivity index (χ3v) is 5.87. The molecule has 140 valence electrons. The Bertz CT molecular complexity index is 936. The lowest BCUT2D eigenvalue weighted by molar-refractivity contribution is 0.0619. The first-order valence-corrected chi connectivity index (χ1v) is 9.74. The molecule has 0 N–H and O–H groups in total. The Hall–Kier alpha value is -2.51. The summed E-state index contributed by atoms with van der Waals surface area (Å²) in [7, 11) is 1.58. The number of hydrogen-bond donors (Lipinski definition) is 0. The minimum absolute atomic E-state index is 0.0867. The average Bonchev–Trinajstić information content (AvgIpc) is 3.34. The summed E-state index contributed by atoms with van der Waals surface area (Å²) in [5, 5.41) is 0.566. The Kier molecular flexibility index (Phi) is 5.05. The van der Waals surface area contributed by atoms with Crippen LogP contribution in [0.4, 0.5) is 0 Å². The van der Waals surface area contributed by atoms with Gasteiger partial charge in [-0.05, 0) is 37.1 Å². The van der Waals surface area contributed by atoms with Crippen LogP contribution in [0, 0.1) is 5.92 Å². The molecule has 1 amide bonds. The van der Waals surface area contributed by atoms with E-state index in [2.05, 4.69) is 4.98 Å². The van der Waals surface area contributed by atoms with Crippen LogP contribution in [0.2, 0.25) is 0 Å². The quantitative estimate of drug-likeness (QED) is 0.626. The number of piperidine rings is 1. The molecule has 0 unspecified atom stereocenters. The fourth-order valence-corrected chi connectivity index (χ4v) is 4.35. The lowest BCUT2D eigenvalue weighted by Gasteiger charge is -2.30. The molecule has 0 saturated carbocycles. The van der Waals surface area contributed by atoms with Gasteiger partial charge in [0, 0.05) is 26.1 Å². The number of carbonyl (C=O) groups excluding carboxylic acids is 2. The van der Waals surface area contributed by atoms with Gasteiger partial charge >= 0.3 is 0 Å². The van der Waals surface area contributed by atoms with Crippen molar-refractivity contribution in [1.82, 2.24) is 9.88 Å². The summed E-state index contributed by atoms with van der Waals surface area (Å²) in [4.78, 5) is 31.6. The van der Waals surface area contributed by atoms with Gasteiger partial charge in [-0.15, -0.1) is 11.3 Å². The number of fused-ring (bicyclic) bond motifs is 1. The molecular formula is C20H20N2O4S. The van der Waals surface area contributed by atoms with Crippen LogP contribution in [0.5, 0.6) is 0 Å². The van der Waals surface area contributed by atoms with Crippen LogP contribution >= 0.6 is 11.3 Å². The molecule has 0 spiro atoms. The van der Waals surface area contributed by atoms with Crippen LogP contribution in [0.25, 0.3) is 10.2 Å². The van der Waals surface area contributed by atoms with Crippen molar-refractivity contribution in [3.05, 3.63) is 52.9 Å². The second kappa shape index (κ2) is 7.62. The van der Waals surface area contributed by atoms with E-state index in [4.69, 9.17) is 9.15 Å². The van der Waals surface area contributed by atoms with Crippen LogP contribution in [0.15, 0.2) is 40.8 Å². The largest absolute Gasteiger partial charge is 0.453 e. The van der Waals surface area contributed by atoms with Crippen molar-refractivity contribution in [2.45, 2.75) is 19.4 Å². The van der Waals surface area contributed by atoms with Crippen LogP contribution < -0.4 is 0 Å². The van der Waals surface area contributed by atoms with E-state index in [9.17, 15) is 9.59 Å². The van der Waals surface area contributed by atoms with Gasteiger partial charge in [0.1, 0.15) is 12.4 Å². The molecule has 3 aromatic rings. The highest BCUT2D eigenvalue weighted by atomic mass is 32.1. The fourth-order valence-electron chi connectivity index (χ4n) is 3.37. The summed E-state index contributed by atoms with van der Waals surface area (Å²) < 4.78 is 11.6. The first kappa shape index (κ1) is 17.9. The number of furan rings is 1. The number of thiazole rings is 1. The van der Waals surface area contributed by atoms with Gasteiger partial charge in [-0.2, -0.15) is 0 Å². The third-order valence-electron chi connectivity index (χ3n) is 4.82. The normalized spacial score (nSPS) is 15.4. The number of benzene rings is 1. The maximum atomic E-state index is 12.8. The number of Topliss-reactive ketones (excluding diaryl/α,β-unsaturated/α-hetero) is 1. The van der Waals surface area contributed by atoms with E-state index in [0.29, 0.717) is 49.1 Å². The molecular weight excluding hydrogens is 364 g/mol. The molecule has 2 aromatic heterocycles. The second-order valence-electron chi connectivity index (χ2n) is 6.62. The Morgan fingerprint density at radius 1 is 1.22 bits per heavy atom. The zero-order chi connectivity index (χ0) is 18.8. The minimum atomic E-state index is -0.136. The van der Waals surface area contributed by atoms with E-state index >= 15 is 0 Å². The highest BCUT2D eigenvalue weighted by molar-refractivity contribution is 7.20. The van der Waals surface area contributed by atoms with E-state index in [-0.39, 0.29) is 17.6 Å².